The van der Waals surface area contributed by atoms with Gasteiger partial charge in [-0.3, -0.25) is 9.69 Å². The van der Waals surface area contributed by atoms with Crippen molar-refractivity contribution in [3.63, 3.8) is 0 Å². The predicted octanol–water partition coefficient (Wildman–Crippen LogP) is 2.39. The van der Waals surface area contributed by atoms with Crippen molar-refractivity contribution in [2.24, 2.45) is 0 Å². The molecule has 0 radical (unpaired) electrons. The number of nitrogens with one attached hydrogen (secondary N) is 1. The Morgan fingerprint density at radius 3 is 2.58 bits per heavy atom. The Kier molecular flexibility index (Phi) is 4.80. The van der Waals surface area contributed by atoms with Gasteiger partial charge in [-0.15, -0.1) is 0 Å². The third kappa shape index (κ3) is 3.53. The van der Waals surface area contributed by atoms with Crippen LogP contribution in [0, 0.1) is 0 Å². The molecule has 5 heteroatoms. The topological polar surface area (TPSA) is 50.8 Å². The maximum absolute atomic E-state index is 12.5. The van der Waals surface area contributed by atoms with E-state index in [-0.39, 0.29) is 12.0 Å². The van der Waals surface area contributed by atoms with Crippen molar-refractivity contribution >= 4 is 5.91 Å². The van der Waals surface area contributed by atoms with Crippen LogP contribution in [0.4, 0.5) is 0 Å². The molecular formula is C21H24N2O3. The van der Waals surface area contributed by atoms with E-state index in [0.717, 1.165) is 26.1 Å². The van der Waals surface area contributed by atoms with Gasteiger partial charge in [-0.05, 0) is 36.6 Å². The van der Waals surface area contributed by atoms with Crippen LogP contribution in [0.2, 0.25) is 0 Å². The van der Waals surface area contributed by atoms with Crippen molar-refractivity contribution in [3.8, 4) is 11.5 Å². The van der Waals surface area contributed by atoms with Crippen molar-refractivity contribution < 1.29 is 14.3 Å². The lowest BCUT2D eigenvalue weighted by Gasteiger charge is -2.32. The molecule has 4 rings (SSSR count). The SMILES string of the molecule is C[C@H]1Oc2ccccc2O[C@H]1C(=O)NCCN1CCc2ccccc2C1. The highest BCUT2D eigenvalue weighted by Gasteiger charge is 2.33. The molecule has 2 aromatic rings. The van der Waals surface area contributed by atoms with Crippen molar-refractivity contribution in [1.29, 1.82) is 0 Å². The molecule has 0 aliphatic carbocycles. The Bertz CT molecular complexity index is 792. The number of para-hydroxylation sites is 2. The molecule has 2 aliphatic heterocycles. The average Bonchev–Trinajstić information content (AvgIpc) is 2.67. The highest BCUT2D eigenvalue weighted by Crippen LogP contribution is 2.33. The summed E-state index contributed by atoms with van der Waals surface area (Å²) in [6.45, 7) is 5.27. The average molecular weight is 352 g/mol. The molecule has 1 amide bonds. The highest BCUT2D eigenvalue weighted by atomic mass is 16.6. The van der Waals surface area contributed by atoms with Gasteiger partial charge in [0.25, 0.3) is 5.91 Å². The molecule has 2 heterocycles. The number of ether oxygens (including phenoxy) is 2. The second-order valence-corrected chi connectivity index (χ2v) is 6.89. The van der Waals surface area contributed by atoms with Crippen LogP contribution in [0.25, 0.3) is 0 Å². The molecule has 0 fully saturated rings. The number of amides is 1. The van der Waals surface area contributed by atoms with E-state index in [2.05, 4.69) is 34.5 Å². The molecule has 0 saturated carbocycles. The number of hydrogen-bond donors (Lipinski definition) is 1. The molecule has 1 N–H and O–H groups in total. The van der Waals surface area contributed by atoms with Gasteiger partial charge in [-0.2, -0.15) is 0 Å². The van der Waals surface area contributed by atoms with E-state index in [1.165, 1.54) is 11.1 Å². The normalized spacial score (nSPS) is 21.7. The molecule has 2 atom stereocenters. The first-order valence-corrected chi connectivity index (χ1v) is 9.20. The van der Waals surface area contributed by atoms with E-state index in [9.17, 15) is 4.79 Å². The first kappa shape index (κ1) is 16.9. The summed E-state index contributed by atoms with van der Waals surface area (Å²) < 4.78 is 11.6. The molecule has 136 valence electrons. The maximum Gasteiger partial charge on any atom is 0.265 e. The molecule has 0 bridgehead atoms. The lowest BCUT2D eigenvalue weighted by Crippen LogP contribution is -2.50. The van der Waals surface area contributed by atoms with Crippen LogP contribution in [-0.4, -0.2) is 42.6 Å². The van der Waals surface area contributed by atoms with Gasteiger partial charge in [0.2, 0.25) is 6.10 Å². The van der Waals surface area contributed by atoms with Crippen LogP contribution in [0.5, 0.6) is 11.5 Å². The van der Waals surface area contributed by atoms with Gasteiger partial charge in [0.1, 0.15) is 6.10 Å². The summed E-state index contributed by atoms with van der Waals surface area (Å²) in [6, 6.07) is 16.0. The lowest BCUT2D eigenvalue weighted by molar-refractivity contribution is -0.133. The zero-order valence-corrected chi connectivity index (χ0v) is 15.0. The third-order valence-corrected chi connectivity index (χ3v) is 5.04. The Balaban J connectivity index is 1.28. The second-order valence-electron chi connectivity index (χ2n) is 6.89. The van der Waals surface area contributed by atoms with Crippen molar-refractivity contribution in [2.75, 3.05) is 19.6 Å². The van der Waals surface area contributed by atoms with E-state index in [4.69, 9.17) is 9.47 Å². The zero-order chi connectivity index (χ0) is 17.9. The number of hydrogen-bond acceptors (Lipinski definition) is 4. The second kappa shape index (κ2) is 7.38. The molecule has 0 spiro atoms. The number of carbonyl (C=O) groups excluding carboxylic acids is 1. The van der Waals surface area contributed by atoms with Gasteiger partial charge in [0.15, 0.2) is 11.5 Å². The largest absolute Gasteiger partial charge is 0.482 e. The standard InChI is InChI=1S/C21H24N2O3/c1-15-20(26-19-9-5-4-8-18(19)25-15)21(24)22-11-13-23-12-10-16-6-2-3-7-17(16)14-23/h2-9,15,20H,10-14H2,1H3,(H,22,24)/t15-,20-/m1/s1. The highest BCUT2D eigenvalue weighted by molar-refractivity contribution is 5.82. The van der Waals surface area contributed by atoms with Crippen molar-refractivity contribution in [2.45, 2.75) is 32.1 Å². The van der Waals surface area contributed by atoms with Crippen LogP contribution >= 0.6 is 0 Å². The molecule has 2 aromatic carbocycles. The Labute approximate surface area is 153 Å². The Hall–Kier alpha value is -2.53. The molecule has 0 unspecified atom stereocenters. The van der Waals surface area contributed by atoms with Gasteiger partial charge in [-0.1, -0.05) is 36.4 Å². The van der Waals surface area contributed by atoms with E-state index in [1.807, 2.05) is 31.2 Å². The molecule has 0 saturated heterocycles. The van der Waals surface area contributed by atoms with E-state index >= 15 is 0 Å². The first-order valence-electron chi connectivity index (χ1n) is 9.20. The van der Waals surface area contributed by atoms with Crippen LogP contribution in [0.3, 0.4) is 0 Å². The molecule has 26 heavy (non-hydrogen) atoms. The van der Waals surface area contributed by atoms with E-state index in [1.54, 1.807) is 0 Å². The smallest absolute Gasteiger partial charge is 0.265 e. The minimum absolute atomic E-state index is 0.121. The number of carbonyl (C=O) groups is 1. The minimum Gasteiger partial charge on any atom is -0.482 e. The summed E-state index contributed by atoms with van der Waals surface area (Å²) in [6.07, 6.45) is 0.135. The Morgan fingerprint density at radius 1 is 1.08 bits per heavy atom. The van der Waals surface area contributed by atoms with Crippen LogP contribution in [0.1, 0.15) is 18.1 Å². The zero-order valence-electron chi connectivity index (χ0n) is 15.0. The number of rotatable bonds is 4. The Morgan fingerprint density at radius 2 is 1.77 bits per heavy atom. The summed E-state index contributed by atoms with van der Waals surface area (Å²) in [5, 5.41) is 3.00. The summed E-state index contributed by atoms with van der Waals surface area (Å²) >= 11 is 0. The number of benzene rings is 2. The van der Waals surface area contributed by atoms with Gasteiger partial charge in [-0.25, -0.2) is 0 Å². The third-order valence-electron chi connectivity index (χ3n) is 5.04. The maximum atomic E-state index is 12.5. The summed E-state index contributed by atoms with van der Waals surface area (Å²) in [5.41, 5.74) is 2.83. The summed E-state index contributed by atoms with van der Waals surface area (Å²) in [4.78, 5) is 14.9. The predicted molar refractivity (Wildman–Crippen MR) is 99.4 cm³/mol. The van der Waals surface area contributed by atoms with Crippen LogP contribution in [0.15, 0.2) is 48.5 Å². The van der Waals surface area contributed by atoms with Crippen LogP contribution < -0.4 is 14.8 Å². The number of nitrogens with zero attached hydrogens (tertiary/aromatic N) is 1. The lowest BCUT2D eigenvalue weighted by atomic mass is 10.00. The van der Waals surface area contributed by atoms with E-state index in [0.29, 0.717) is 18.0 Å². The van der Waals surface area contributed by atoms with Gasteiger partial charge < -0.3 is 14.8 Å². The van der Waals surface area contributed by atoms with Crippen LogP contribution in [-0.2, 0) is 17.8 Å². The van der Waals surface area contributed by atoms with Crippen molar-refractivity contribution in [1.82, 2.24) is 10.2 Å². The van der Waals surface area contributed by atoms with Crippen molar-refractivity contribution in [3.05, 3.63) is 59.7 Å². The fourth-order valence-corrected chi connectivity index (χ4v) is 3.59. The minimum atomic E-state index is -0.619. The van der Waals surface area contributed by atoms with Gasteiger partial charge in [0, 0.05) is 26.2 Å². The number of fused-ring (bicyclic) bond motifs is 2. The fraction of sp³-hybridized carbons (Fsp3) is 0.381. The molecular weight excluding hydrogens is 328 g/mol. The molecule has 5 nitrogen and oxygen atoms in total. The quantitative estimate of drug-likeness (QED) is 0.918. The van der Waals surface area contributed by atoms with Gasteiger partial charge in [0.05, 0.1) is 0 Å². The van der Waals surface area contributed by atoms with Gasteiger partial charge >= 0.3 is 0 Å². The summed E-state index contributed by atoms with van der Waals surface area (Å²) in [5.74, 6) is 1.19. The molecule has 0 aromatic heterocycles. The summed E-state index contributed by atoms with van der Waals surface area (Å²) in [7, 11) is 0. The monoisotopic (exact) mass is 352 g/mol. The first-order chi connectivity index (χ1) is 12.7. The fourth-order valence-electron chi connectivity index (χ4n) is 3.59. The van der Waals surface area contributed by atoms with E-state index < -0.39 is 6.10 Å². The molecule has 2 aliphatic rings.